The highest BCUT2D eigenvalue weighted by Crippen LogP contribution is 2.19. The second-order valence-electron chi connectivity index (χ2n) is 5.72. The zero-order valence-corrected chi connectivity index (χ0v) is 15.3. The quantitative estimate of drug-likeness (QED) is 0.391. The van der Waals surface area contributed by atoms with Gasteiger partial charge in [-0.05, 0) is 28.3 Å². The molecule has 0 saturated carbocycles. The standard InChI is InChI=1S/C22H20ClN3/c1-24-22(23)26-21(20-10-6-3-7-11-20)25-16-17-12-14-19(15-13-17)18-8-4-2-5-9-18/h2-15H,16H2,1H3,(H,24,25,26). The molecule has 0 bridgehead atoms. The van der Waals surface area contributed by atoms with Gasteiger partial charge in [0.2, 0.25) is 0 Å². The van der Waals surface area contributed by atoms with Gasteiger partial charge in [0.1, 0.15) is 0 Å². The summed E-state index contributed by atoms with van der Waals surface area (Å²) in [5, 5.41) is 3.14. The van der Waals surface area contributed by atoms with E-state index >= 15 is 0 Å². The van der Waals surface area contributed by atoms with Gasteiger partial charge in [-0.25, -0.2) is 4.99 Å². The molecule has 0 amide bonds. The molecule has 3 aromatic carbocycles. The van der Waals surface area contributed by atoms with Crippen molar-refractivity contribution in [1.82, 2.24) is 5.32 Å². The number of benzene rings is 3. The summed E-state index contributed by atoms with van der Waals surface area (Å²) >= 11 is 6.04. The minimum atomic E-state index is 0.312. The Morgan fingerprint density at radius 3 is 2.00 bits per heavy atom. The van der Waals surface area contributed by atoms with Gasteiger partial charge in [0, 0.05) is 12.6 Å². The van der Waals surface area contributed by atoms with Crippen LogP contribution < -0.4 is 5.32 Å². The Morgan fingerprint density at radius 1 is 0.808 bits per heavy atom. The summed E-state index contributed by atoms with van der Waals surface area (Å²) in [5.74, 6) is 0.608. The van der Waals surface area contributed by atoms with E-state index in [4.69, 9.17) is 11.6 Å². The van der Waals surface area contributed by atoms with Crippen LogP contribution >= 0.6 is 11.6 Å². The normalized spacial score (nSPS) is 12.1. The maximum absolute atomic E-state index is 6.04. The van der Waals surface area contributed by atoms with Crippen LogP contribution in [-0.2, 0) is 6.54 Å². The average Bonchev–Trinajstić information content (AvgIpc) is 2.72. The van der Waals surface area contributed by atoms with Gasteiger partial charge in [-0.1, -0.05) is 84.9 Å². The van der Waals surface area contributed by atoms with Crippen molar-refractivity contribution in [3.8, 4) is 11.1 Å². The van der Waals surface area contributed by atoms with Gasteiger partial charge in [0.25, 0.3) is 0 Å². The first-order valence-electron chi connectivity index (χ1n) is 8.42. The van der Waals surface area contributed by atoms with Crippen LogP contribution in [0.1, 0.15) is 11.1 Å². The molecule has 130 valence electrons. The van der Waals surface area contributed by atoms with Crippen LogP contribution in [0.3, 0.4) is 0 Å². The first kappa shape index (κ1) is 17.9. The minimum Gasteiger partial charge on any atom is -0.363 e. The highest BCUT2D eigenvalue weighted by Gasteiger charge is 2.03. The smallest absolute Gasteiger partial charge is 0.197 e. The van der Waals surface area contributed by atoms with Gasteiger partial charge in [0.15, 0.2) is 11.1 Å². The fourth-order valence-electron chi connectivity index (χ4n) is 2.53. The molecule has 1 N–H and O–H groups in total. The first-order chi connectivity index (χ1) is 12.8. The van der Waals surface area contributed by atoms with Crippen molar-refractivity contribution < 1.29 is 0 Å². The maximum atomic E-state index is 6.04. The van der Waals surface area contributed by atoms with Gasteiger partial charge in [-0.2, -0.15) is 0 Å². The molecule has 0 fully saturated rings. The monoisotopic (exact) mass is 361 g/mol. The van der Waals surface area contributed by atoms with Crippen LogP contribution in [0.2, 0.25) is 0 Å². The molecule has 0 spiro atoms. The average molecular weight is 362 g/mol. The molecule has 3 rings (SSSR count). The third-order valence-electron chi connectivity index (χ3n) is 3.91. The highest BCUT2D eigenvalue weighted by atomic mass is 35.5. The third-order valence-corrected chi connectivity index (χ3v) is 4.19. The molecule has 0 aliphatic carbocycles. The molecule has 0 atom stereocenters. The molecule has 26 heavy (non-hydrogen) atoms. The summed E-state index contributed by atoms with van der Waals surface area (Å²) in [5.41, 5.74) is 4.45. The number of aliphatic imine (C=N–C) groups is 2. The van der Waals surface area contributed by atoms with E-state index < -0.39 is 0 Å². The Morgan fingerprint density at radius 2 is 1.38 bits per heavy atom. The lowest BCUT2D eigenvalue weighted by atomic mass is 10.0. The molecule has 0 radical (unpaired) electrons. The van der Waals surface area contributed by atoms with Crippen molar-refractivity contribution in [2.24, 2.45) is 9.98 Å². The van der Waals surface area contributed by atoms with Crippen LogP contribution in [0.4, 0.5) is 0 Å². The van der Waals surface area contributed by atoms with Crippen molar-refractivity contribution in [1.29, 1.82) is 0 Å². The molecule has 4 heteroatoms. The number of hydrogen-bond donors (Lipinski definition) is 1. The lowest BCUT2D eigenvalue weighted by Crippen LogP contribution is -2.14. The van der Waals surface area contributed by atoms with Crippen LogP contribution in [0.5, 0.6) is 0 Å². The maximum Gasteiger partial charge on any atom is 0.197 e. The number of rotatable bonds is 4. The molecular formula is C22H20ClN3. The molecule has 0 aliphatic heterocycles. The summed E-state index contributed by atoms with van der Waals surface area (Å²) in [7, 11) is 1.73. The minimum absolute atomic E-state index is 0.312. The fourth-order valence-corrected chi connectivity index (χ4v) is 2.61. The Labute approximate surface area is 159 Å². The van der Waals surface area contributed by atoms with Gasteiger partial charge in [-0.3, -0.25) is 4.99 Å². The summed E-state index contributed by atoms with van der Waals surface area (Å²) in [6, 6.07) is 28.6. The zero-order valence-electron chi connectivity index (χ0n) is 14.6. The van der Waals surface area contributed by atoms with E-state index in [1.807, 2.05) is 48.5 Å². The lowest BCUT2D eigenvalue weighted by Gasteiger charge is -2.05. The molecule has 0 unspecified atom stereocenters. The number of halogens is 1. The van der Waals surface area contributed by atoms with Gasteiger partial charge >= 0.3 is 0 Å². The van der Waals surface area contributed by atoms with E-state index in [-0.39, 0.29) is 0 Å². The van der Waals surface area contributed by atoms with E-state index in [0.717, 1.165) is 11.1 Å². The van der Waals surface area contributed by atoms with E-state index in [2.05, 4.69) is 51.7 Å². The SMILES string of the molecule is CN/C(Cl)=N\C(=N/Cc1ccc(-c2ccccc2)cc1)c1ccccc1. The predicted molar refractivity (Wildman–Crippen MR) is 111 cm³/mol. The van der Waals surface area contributed by atoms with Crippen molar-refractivity contribution in [3.63, 3.8) is 0 Å². The topological polar surface area (TPSA) is 36.8 Å². The van der Waals surface area contributed by atoms with Crippen LogP contribution in [-0.4, -0.2) is 18.2 Å². The first-order valence-corrected chi connectivity index (χ1v) is 8.80. The number of amidine groups is 2. The summed E-state index contributed by atoms with van der Waals surface area (Å²) in [6.07, 6.45) is 0. The highest BCUT2D eigenvalue weighted by molar-refractivity contribution is 6.65. The number of hydrogen-bond acceptors (Lipinski definition) is 1. The van der Waals surface area contributed by atoms with Gasteiger partial charge < -0.3 is 5.32 Å². The van der Waals surface area contributed by atoms with Crippen molar-refractivity contribution in [2.45, 2.75) is 6.54 Å². The van der Waals surface area contributed by atoms with Gasteiger partial charge in [0.05, 0.1) is 6.54 Å². The lowest BCUT2D eigenvalue weighted by molar-refractivity contribution is 1.06. The van der Waals surface area contributed by atoms with Crippen LogP contribution in [0.15, 0.2) is 94.9 Å². The molecule has 3 aromatic rings. The third kappa shape index (κ3) is 4.80. The summed E-state index contributed by atoms with van der Waals surface area (Å²) in [4.78, 5) is 9.03. The molecule has 0 heterocycles. The van der Waals surface area contributed by atoms with Crippen molar-refractivity contribution >= 4 is 22.7 Å². The molecular weight excluding hydrogens is 342 g/mol. The molecule has 3 nitrogen and oxygen atoms in total. The van der Waals surface area contributed by atoms with E-state index in [1.165, 1.54) is 11.1 Å². The molecule has 0 aliphatic rings. The van der Waals surface area contributed by atoms with Gasteiger partial charge in [-0.15, -0.1) is 0 Å². The zero-order chi connectivity index (χ0) is 18.2. The Hall–Kier alpha value is -2.91. The molecule has 0 aromatic heterocycles. The largest absolute Gasteiger partial charge is 0.363 e. The predicted octanol–water partition coefficient (Wildman–Crippen LogP) is 5.11. The Kier molecular flexibility index (Phi) is 6.18. The van der Waals surface area contributed by atoms with E-state index in [9.17, 15) is 0 Å². The van der Waals surface area contributed by atoms with Crippen molar-refractivity contribution in [2.75, 3.05) is 7.05 Å². The van der Waals surface area contributed by atoms with Crippen LogP contribution in [0, 0.1) is 0 Å². The number of nitrogens with one attached hydrogen (secondary N) is 1. The van der Waals surface area contributed by atoms with Crippen LogP contribution in [0.25, 0.3) is 11.1 Å². The van der Waals surface area contributed by atoms with Crippen molar-refractivity contribution in [3.05, 3.63) is 96.1 Å². The van der Waals surface area contributed by atoms with E-state index in [0.29, 0.717) is 17.7 Å². The second-order valence-corrected chi connectivity index (χ2v) is 6.08. The summed E-state index contributed by atoms with van der Waals surface area (Å²) in [6.45, 7) is 0.538. The second kappa shape index (κ2) is 8.97. The number of nitrogens with zero attached hydrogens (tertiary/aromatic N) is 2. The fraction of sp³-hybridized carbons (Fsp3) is 0.0909. The van der Waals surface area contributed by atoms with E-state index in [1.54, 1.807) is 7.05 Å². The Balaban J connectivity index is 1.81. The molecule has 0 saturated heterocycles. The Bertz CT molecular complexity index is 886. The summed E-state index contributed by atoms with van der Waals surface area (Å²) < 4.78 is 0.